The topological polar surface area (TPSA) is 49.8 Å². The predicted molar refractivity (Wildman–Crippen MR) is 109 cm³/mol. The van der Waals surface area contributed by atoms with E-state index in [-0.39, 0.29) is 12.6 Å². The molecule has 0 aliphatic carbocycles. The van der Waals surface area contributed by atoms with Crippen molar-refractivity contribution in [2.45, 2.75) is 37.8 Å². The number of carbonyl (C=O) groups excluding carboxylic acids is 1. The highest BCUT2D eigenvalue weighted by Crippen LogP contribution is 2.34. The van der Waals surface area contributed by atoms with Crippen LogP contribution >= 0.6 is 0 Å². The first kappa shape index (κ1) is 19.2. The van der Waals surface area contributed by atoms with Gasteiger partial charge in [-0.3, -0.25) is 4.90 Å². The normalized spacial score (nSPS) is 19.0. The van der Waals surface area contributed by atoms with Crippen LogP contribution in [0.15, 0.2) is 60.7 Å². The molecule has 1 aliphatic rings. The third kappa shape index (κ3) is 4.59. The minimum absolute atomic E-state index is 0.259. The lowest BCUT2D eigenvalue weighted by atomic mass is 9.98. The second-order valence-corrected chi connectivity index (χ2v) is 12.5. The first-order chi connectivity index (χ1) is 12.9. The van der Waals surface area contributed by atoms with Crippen LogP contribution in [-0.4, -0.2) is 36.8 Å². The van der Waals surface area contributed by atoms with Gasteiger partial charge in [0, 0.05) is 0 Å². The number of aliphatic hydroxyl groups is 1. The van der Waals surface area contributed by atoms with Crippen LogP contribution in [0.5, 0.6) is 0 Å². The minimum Gasteiger partial charge on any atom is -0.447 e. The van der Waals surface area contributed by atoms with Crippen molar-refractivity contribution in [1.82, 2.24) is 4.90 Å². The van der Waals surface area contributed by atoms with Crippen molar-refractivity contribution in [3.05, 3.63) is 71.8 Å². The Hall–Kier alpha value is -2.55. The number of nitrogens with zero attached hydrogens (tertiary/aromatic N) is 1. The molecule has 1 aliphatic heterocycles. The summed E-state index contributed by atoms with van der Waals surface area (Å²) in [5.41, 5.74) is 5.03. The van der Waals surface area contributed by atoms with Crippen molar-refractivity contribution < 1.29 is 14.6 Å². The van der Waals surface area contributed by atoms with Crippen molar-refractivity contribution in [2.24, 2.45) is 0 Å². The Labute approximate surface area is 161 Å². The third-order valence-corrected chi connectivity index (χ3v) is 5.32. The minimum atomic E-state index is -1.69. The van der Waals surface area contributed by atoms with Gasteiger partial charge in [-0.25, -0.2) is 4.79 Å². The summed E-state index contributed by atoms with van der Waals surface area (Å²) in [6.07, 6.45) is -1.35. The number of aliphatic hydroxyl groups excluding tert-OH is 1. The smallest absolute Gasteiger partial charge is 0.411 e. The fraction of sp³-hybridized carbons (Fsp3) is 0.318. The van der Waals surface area contributed by atoms with E-state index in [1.807, 2.05) is 60.7 Å². The second-order valence-electron chi connectivity index (χ2n) is 7.73. The number of hydrogen-bond donors (Lipinski definition) is 1. The maximum absolute atomic E-state index is 12.6. The van der Waals surface area contributed by atoms with Gasteiger partial charge in [-0.15, -0.1) is 5.54 Å². The zero-order chi connectivity index (χ0) is 19.4. The van der Waals surface area contributed by atoms with Gasteiger partial charge in [0.15, 0.2) is 0 Å². The van der Waals surface area contributed by atoms with E-state index in [4.69, 9.17) is 4.74 Å². The highest BCUT2D eigenvalue weighted by molar-refractivity contribution is 6.83. The Morgan fingerprint density at radius 3 is 2.26 bits per heavy atom. The fourth-order valence-corrected chi connectivity index (χ4v) is 3.68. The van der Waals surface area contributed by atoms with Gasteiger partial charge < -0.3 is 9.84 Å². The SMILES string of the molecule is C[Si](C)(C)C#C[C@H]([C@H](O)c1ccccc1)N1C(=O)OC[C@H]1c1ccccc1. The standard InChI is InChI=1S/C22H25NO3Si/c1-27(2,3)15-14-19(21(24)18-12-8-5-9-13-18)23-20(16-26-22(23)25)17-10-6-4-7-11-17/h4-13,19-21,24H,16H2,1-3H3/t19-,20+,21-/m1/s1. The predicted octanol–water partition coefficient (Wildman–Crippen LogP) is 4.16. The van der Waals surface area contributed by atoms with Crippen molar-refractivity contribution in [2.75, 3.05) is 6.61 Å². The van der Waals surface area contributed by atoms with Crippen LogP contribution in [-0.2, 0) is 4.74 Å². The number of carbonyl (C=O) groups is 1. The van der Waals surface area contributed by atoms with Crippen LogP contribution < -0.4 is 0 Å². The molecule has 1 heterocycles. The second kappa shape index (κ2) is 7.99. The fourth-order valence-electron chi connectivity index (χ4n) is 3.10. The number of hydrogen-bond acceptors (Lipinski definition) is 3. The summed E-state index contributed by atoms with van der Waals surface area (Å²) in [4.78, 5) is 14.2. The van der Waals surface area contributed by atoms with E-state index >= 15 is 0 Å². The maximum Gasteiger partial charge on any atom is 0.411 e. The van der Waals surface area contributed by atoms with Gasteiger partial charge in [0.25, 0.3) is 0 Å². The molecule has 3 atom stereocenters. The van der Waals surface area contributed by atoms with Crippen LogP contribution in [0.1, 0.15) is 23.3 Å². The van der Waals surface area contributed by atoms with Gasteiger partial charge in [-0.1, -0.05) is 86.2 Å². The van der Waals surface area contributed by atoms with Crippen LogP contribution in [0.3, 0.4) is 0 Å². The molecular weight excluding hydrogens is 354 g/mol. The van der Waals surface area contributed by atoms with Crippen LogP contribution in [0.4, 0.5) is 4.79 Å². The molecule has 0 unspecified atom stereocenters. The summed E-state index contributed by atoms with van der Waals surface area (Å²) >= 11 is 0. The molecular formula is C22H25NO3Si. The molecule has 0 saturated carbocycles. The van der Waals surface area contributed by atoms with Crippen molar-refractivity contribution in [3.8, 4) is 11.5 Å². The van der Waals surface area contributed by atoms with Crippen LogP contribution in [0.2, 0.25) is 19.6 Å². The Bertz CT molecular complexity index is 837. The molecule has 1 fully saturated rings. The van der Waals surface area contributed by atoms with Gasteiger partial charge >= 0.3 is 6.09 Å². The number of cyclic esters (lactones) is 1. The van der Waals surface area contributed by atoms with Crippen LogP contribution in [0.25, 0.3) is 0 Å². The molecule has 0 aromatic heterocycles. The molecule has 3 rings (SSSR count). The van der Waals surface area contributed by atoms with Gasteiger partial charge in [0.2, 0.25) is 0 Å². The summed E-state index contributed by atoms with van der Waals surface area (Å²) in [6.45, 7) is 6.68. The first-order valence-corrected chi connectivity index (χ1v) is 12.6. The Balaban J connectivity index is 2.02. The average molecular weight is 380 g/mol. The number of rotatable bonds is 4. The van der Waals surface area contributed by atoms with E-state index < -0.39 is 26.3 Å². The summed E-state index contributed by atoms with van der Waals surface area (Å²) in [5.74, 6) is 3.22. The summed E-state index contributed by atoms with van der Waals surface area (Å²) in [5, 5.41) is 11.1. The molecule has 2 aromatic carbocycles. The Morgan fingerprint density at radius 2 is 1.67 bits per heavy atom. The largest absolute Gasteiger partial charge is 0.447 e. The highest BCUT2D eigenvalue weighted by atomic mass is 28.3. The molecule has 5 heteroatoms. The summed E-state index contributed by atoms with van der Waals surface area (Å²) in [7, 11) is -1.69. The highest BCUT2D eigenvalue weighted by Gasteiger charge is 2.41. The molecule has 4 nitrogen and oxygen atoms in total. The molecule has 1 N–H and O–H groups in total. The van der Waals surface area contributed by atoms with Gasteiger partial charge in [0.05, 0.1) is 6.04 Å². The molecule has 27 heavy (non-hydrogen) atoms. The summed E-state index contributed by atoms with van der Waals surface area (Å²) in [6, 6.07) is 18.2. The quantitative estimate of drug-likeness (QED) is 0.641. The average Bonchev–Trinajstić information content (AvgIpc) is 3.04. The molecule has 0 radical (unpaired) electrons. The monoisotopic (exact) mass is 379 g/mol. The Morgan fingerprint density at radius 1 is 1.07 bits per heavy atom. The van der Waals surface area contributed by atoms with Crippen molar-refractivity contribution in [3.63, 3.8) is 0 Å². The summed E-state index contributed by atoms with van der Waals surface area (Å²) < 4.78 is 5.35. The third-order valence-electron chi connectivity index (χ3n) is 4.43. The molecule has 0 bridgehead atoms. The first-order valence-electron chi connectivity index (χ1n) is 9.12. The van der Waals surface area contributed by atoms with Crippen LogP contribution in [0, 0.1) is 11.5 Å². The van der Waals surface area contributed by atoms with E-state index in [0.29, 0.717) is 0 Å². The molecule has 1 amide bonds. The van der Waals surface area contributed by atoms with Crippen molar-refractivity contribution >= 4 is 14.2 Å². The number of benzene rings is 2. The van der Waals surface area contributed by atoms with E-state index in [9.17, 15) is 9.90 Å². The molecule has 1 saturated heterocycles. The molecule has 2 aromatic rings. The molecule has 140 valence electrons. The lowest BCUT2D eigenvalue weighted by molar-refractivity contribution is 0.0818. The zero-order valence-corrected chi connectivity index (χ0v) is 16.9. The number of ether oxygens (including phenoxy) is 1. The Kier molecular flexibility index (Phi) is 5.69. The van der Waals surface area contributed by atoms with E-state index in [1.54, 1.807) is 4.90 Å². The van der Waals surface area contributed by atoms with E-state index in [2.05, 4.69) is 31.1 Å². The lowest BCUT2D eigenvalue weighted by Crippen LogP contribution is -2.41. The van der Waals surface area contributed by atoms with Crippen molar-refractivity contribution in [1.29, 1.82) is 0 Å². The van der Waals surface area contributed by atoms with Gasteiger partial charge in [-0.05, 0) is 11.1 Å². The number of amides is 1. The zero-order valence-electron chi connectivity index (χ0n) is 15.9. The lowest BCUT2D eigenvalue weighted by Gasteiger charge is -2.31. The van der Waals surface area contributed by atoms with E-state index in [1.165, 1.54) is 0 Å². The van der Waals surface area contributed by atoms with Gasteiger partial charge in [-0.2, -0.15) is 0 Å². The maximum atomic E-state index is 12.6. The molecule has 0 spiro atoms. The van der Waals surface area contributed by atoms with E-state index in [0.717, 1.165) is 11.1 Å². The van der Waals surface area contributed by atoms with Gasteiger partial charge in [0.1, 0.15) is 26.8 Å².